The van der Waals surface area contributed by atoms with Crippen molar-refractivity contribution in [3.63, 3.8) is 0 Å². The van der Waals surface area contributed by atoms with Gasteiger partial charge in [-0.25, -0.2) is 4.98 Å². The van der Waals surface area contributed by atoms with Crippen molar-refractivity contribution < 1.29 is 4.42 Å². The summed E-state index contributed by atoms with van der Waals surface area (Å²) in [5.74, 6) is 0.838. The standard InChI is InChI=1S/C15H21N3O/c1-2-12-4-5-14-13(10-12)17-15(19-14)11-18-8-3-6-16-7-9-18/h4-5,10,16H,2-3,6-9,11H2,1H3. The van der Waals surface area contributed by atoms with Crippen LogP contribution in [0.3, 0.4) is 0 Å². The van der Waals surface area contributed by atoms with Gasteiger partial charge in [0.05, 0.1) is 6.54 Å². The van der Waals surface area contributed by atoms with Crippen LogP contribution < -0.4 is 5.32 Å². The van der Waals surface area contributed by atoms with Gasteiger partial charge in [-0.05, 0) is 43.6 Å². The summed E-state index contributed by atoms with van der Waals surface area (Å²) in [4.78, 5) is 7.03. The van der Waals surface area contributed by atoms with E-state index in [9.17, 15) is 0 Å². The molecule has 1 aromatic carbocycles. The number of oxazole rings is 1. The summed E-state index contributed by atoms with van der Waals surface area (Å²) in [6.07, 6.45) is 2.23. The van der Waals surface area contributed by atoms with Gasteiger partial charge in [-0.2, -0.15) is 0 Å². The molecule has 2 heterocycles. The molecule has 2 aromatic rings. The van der Waals surface area contributed by atoms with E-state index in [1.54, 1.807) is 0 Å². The van der Waals surface area contributed by atoms with E-state index in [1.165, 1.54) is 12.0 Å². The summed E-state index contributed by atoms with van der Waals surface area (Å²) >= 11 is 0. The second kappa shape index (κ2) is 5.72. The van der Waals surface area contributed by atoms with E-state index < -0.39 is 0 Å². The van der Waals surface area contributed by atoms with E-state index in [0.717, 1.165) is 56.1 Å². The minimum atomic E-state index is 0.817. The van der Waals surface area contributed by atoms with E-state index in [2.05, 4.69) is 34.3 Å². The molecule has 0 radical (unpaired) electrons. The highest BCUT2D eigenvalue weighted by atomic mass is 16.3. The smallest absolute Gasteiger partial charge is 0.209 e. The van der Waals surface area contributed by atoms with E-state index in [-0.39, 0.29) is 0 Å². The number of rotatable bonds is 3. The second-order valence-corrected chi connectivity index (χ2v) is 5.14. The van der Waals surface area contributed by atoms with Crippen LogP contribution in [0.5, 0.6) is 0 Å². The quantitative estimate of drug-likeness (QED) is 0.917. The normalized spacial score (nSPS) is 17.7. The average molecular weight is 259 g/mol. The molecule has 1 aliphatic rings. The summed E-state index contributed by atoms with van der Waals surface area (Å²) in [6, 6.07) is 6.29. The summed E-state index contributed by atoms with van der Waals surface area (Å²) in [6.45, 7) is 7.33. The number of nitrogens with zero attached hydrogens (tertiary/aromatic N) is 2. The van der Waals surface area contributed by atoms with E-state index >= 15 is 0 Å². The lowest BCUT2D eigenvalue weighted by molar-refractivity contribution is 0.257. The van der Waals surface area contributed by atoms with E-state index in [0.29, 0.717) is 0 Å². The molecule has 102 valence electrons. The van der Waals surface area contributed by atoms with Crippen LogP contribution in [0, 0.1) is 0 Å². The first kappa shape index (κ1) is 12.6. The Morgan fingerprint density at radius 3 is 3.16 bits per heavy atom. The fourth-order valence-electron chi connectivity index (χ4n) is 2.56. The predicted octanol–water partition coefficient (Wildman–Crippen LogP) is 2.19. The molecule has 1 saturated heterocycles. The monoisotopic (exact) mass is 259 g/mol. The molecule has 1 aliphatic heterocycles. The summed E-state index contributed by atoms with van der Waals surface area (Å²) in [7, 11) is 0. The van der Waals surface area contributed by atoms with Crippen LogP contribution in [0.4, 0.5) is 0 Å². The van der Waals surface area contributed by atoms with E-state index in [4.69, 9.17) is 4.42 Å². The zero-order valence-corrected chi connectivity index (χ0v) is 11.5. The van der Waals surface area contributed by atoms with Crippen LogP contribution in [0.2, 0.25) is 0 Å². The topological polar surface area (TPSA) is 41.3 Å². The Balaban J connectivity index is 1.76. The molecule has 19 heavy (non-hydrogen) atoms. The number of aryl methyl sites for hydroxylation is 1. The fraction of sp³-hybridized carbons (Fsp3) is 0.533. The maximum Gasteiger partial charge on any atom is 0.209 e. The zero-order chi connectivity index (χ0) is 13.1. The number of aromatic nitrogens is 1. The van der Waals surface area contributed by atoms with Crippen LogP contribution in [-0.4, -0.2) is 36.1 Å². The van der Waals surface area contributed by atoms with Crippen molar-refractivity contribution in [1.29, 1.82) is 0 Å². The number of fused-ring (bicyclic) bond motifs is 1. The first-order valence-corrected chi connectivity index (χ1v) is 7.16. The Kier molecular flexibility index (Phi) is 3.80. The van der Waals surface area contributed by atoms with Crippen LogP contribution in [-0.2, 0) is 13.0 Å². The van der Waals surface area contributed by atoms with Gasteiger partial charge in [0.25, 0.3) is 0 Å². The number of hydrogen-bond acceptors (Lipinski definition) is 4. The SMILES string of the molecule is CCc1ccc2oc(CN3CCCNCC3)nc2c1. The molecule has 1 N–H and O–H groups in total. The van der Waals surface area contributed by atoms with Gasteiger partial charge in [-0.3, -0.25) is 4.90 Å². The third-order valence-electron chi connectivity index (χ3n) is 3.70. The van der Waals surface area contributed by atoms with Crippen molar-refractivity contribution in [1.82, 2.24) is 15.2 Å². The molecule has 3 rings (SSSR count). The maximum atomic E-state index is 5.84. The van der Waals surface area contributed by atoms with Gasteiger partial charge in [0.2, 0.25) is 5.89 Å². The lowest BCUT2D eigenvalue weighted by Gasteiger charge is -2.16. The van der Waals surface area contributed by atoms with Crippen molar-refractivity contribution in [2.45, 2.75) is 26.3 Å². The largest absolute Gasteiger partial charge is 0.439 e. The molecule has 4 heteroatoms. The lowest BCUT2D eigenvalue weighted by atomic mass is 10.1. The lowest BCUT2D eigenvalue weighted by Crippen LogP contribution is -2.27. The Bertz CT molecular complexity index is 541. The Hall–Kier alpha value is -1.39. The van der Waals surface area contributed by atoms with Gasteiger partial charge < -0.3 is 9.73 Å². The minimum Gasteiger partial charge on any atom is -0.439 e. The molecule has 4 nitrogen and oxygen atoms in total. The second-order valence-electron chi connectivity index (χ2n) is 5.14. The maximum absolute atomic E-state index is 5.84. The van der Waals surface area contributed by atoms with Gasteiger partial charge in [0.15, 0.2) is 5.58 Å². The highest BCUT2D eigenvalue weighted by molar-refractivity contribution is 5.73. The molecular weight excluding hydrogens is 238 g/mol. The number of benzene rings is 1. The van der Waals surface area contributed by atoms with Crippen molar-refractivity contribution >= 4 is 11.1 Å². The molecule has 0 unspecified atom stereocenters. The van der Waals surface area contributed by atoms with Gasteiger partial charge in [-0.15, -0.1) is 0 Å². The molecule has 0 spiro atoms. The number of hydrogen-bond donors (Lipinski definition) is 1. The van der Waals surface area contributed by atoms with Crippen molar-refractivity contribution in [3.05, 3.63) is 29.7 Å². The molecule has 0 atom stereocenters. The predicted molar refractivity (Wildman–Crippen MR) is 76.2 cm³/mol. The fourth-order valence-corrected chi connectivity index (χ4v) is 2.56. The Labute approximate surface area is 113 Å². The molecule has 0 saturated carbocycles. The molecule has 1 aromatic heterocycles. The Morgan fingerprint density at radius 1 is 1.32 bits per heavy atom. The highest BCUT2D eigenvalue weighted by Crippen LogP contribution is 2.18. The van der Waals surface area contributed by atoms with Gasteiger partial charge in [0, 0.05) is 13.1 Å². The third kappa shape index (κ3) is 2.96. The molecule has 0 amide bonds. The first-order valence-electron chi connectivity index (χ1n) is 7.16. The van der Waals surface area contributed by atoms with E-state index in [1.807, 2.05) is 6.07 Å². The average Bonchev–Trinajstić information content (AvgIpc) is 2.64. The van der Waals surface area contributed by atoms with Gasteiger partial charge in [0.1, 0.15) is 5.52 Å². The molecule has 0 aliphatic carbocycles. The summed E-state index contributed by atoms with van der Waals surface area (Å²) < 4.78 is 5.84. The van der Waals surface area contributed by atoms with Crippen LogP contribution in [0.25, 0.3) is 11.1 Å². The zero-order valence-electron chi connectivity index (χ0n) is 11.5. The summed E-state index contributed by atoms with van der Waals surface area (Å²) in [5, 5.41) is 3.41. The minimum absolute atomic E-state index is 0.817. The third-order valence-corrected chi connectivity index (χ3v) is 3.70. The molecule has 1 fully saturated rings. The number of nitrogens with one attached hydrogen (secondary N) is 1. The van der Waals surface area contributed by atoms with Gasteiger partial charge >= 0.3 is 0 Å². The van der Waals surface area contributed by atoms with Crippen molar-refractivity contribution in [2.24, 2.45) is 0 Å². The van der Waals surface area contributed by atoms with Crippen molar-refractivity contribution in [3.8, 4) is 0 Å². The Morgan fingerprint density at radius 2 is 2.26 bits per heavy atom. The first-order chi connectivity index (χ1) is 9.35. The molecule has 0 bridgehead atoms. The van der Waals surface area contributed by atoms with Crippen molar-refractivity contribution in [2.75, 3.05) is 26.2 Å². The summed E-state index contributed by atoms with van der Waals surface area (Å²) in [5.41, 5.74) is 3.20. The van der Waals surface area contributed by atoms with Gasteiger partial charge in [-0.1, -0.05) is 13.0 Å². The highest BCUT2D eigenvalue weighted by Gasteiger charge is 2.13. The van der Waals surface area contributed by atoms with Crippen LogP contribution in [0.15, 0.2) is 22.6 Å². The molecular formula is C15H21N3O. The van der Waals surface area contributed by atoms with Crippen LogP contribution >= 0.6 is 0 Å². The van der Waals surface area contributed by atoms with Crippen LogP contribution in [0.1, 0.15) is 24.8 Å².